The molecule has 2 aliphatic rings. The Morgan fingerprint density at radius 1 is 1.31 bits per heavy atom. The van der Waals surface area contributed by atoms with Gasteiger partial charge in [0.2, 0.25) is 5.91 Å². The highest BCUT2D eigenvalue weighted by Crippen LogP contribution is 2.48. The molecule has 1 saturated heterocycles. The molecular weight excluding hydrogens is 334 g/mol. The fraction of sp³-hybridized carbons (Fsp3) is 0.611. The number of aromatic nitrogens is 3. The van der Waals surface area contributed by atoms with Gasteiger partial charge in [0.25, 0.3) is 0 Å². The summed E-state index contributed by atoms with van der Waals surface area (Å²) in [7, 11) is 3.55. The molecule has 3 heterocycles. The Kier molecular flexibility index (Phi) is 3.75. The van der Waals surface area contributed by atoms with E-state index in [1.165, 1.54) is 6.33 Å². The van der Waals surface area contributed by atoms with E-state index in [-0.39, 0.29) is 30.1 Å². The molecule has 140 valence electrons. The number of aryl methyl sites for hydroxylation is 1. The number of fused-ring (bicyclic) bond motifs is 2. The van der Waals surface area contributed by atoms with Crippen LogP contribution in [0.25, 0.3) is 11.0 Å². The summed E-state index contributed by atoms with van der Waals surface area (Å²) in [4.78, 5) is 22.9. The molecule has 1 aliphatic heterocycles. The lowest BCUT2D eigenvalue weighted by molar-refractivity contribution is -0.165. The van der Waals surface area contributed by atoms with E-state index >= 15 is 0 Å². The van der Waals surface area contributed by atoms with E-state index < -0.39 is 5.79 Å². The predicted octanol–water partition coefficient (Wildman–Crippen LogP) is 1.49. The number of nitrogens with two attached hydrogens (primary N) is 1. The number of ether oxygens (including phenoxy) is 2. The highest BCUT2D eigenvalue weighted by Gasteiger charge is 2.57. The Morgan fingerprint density at radius 2 is 2.00 bits per heavy atom. The van der Waals surface area contributed by atoms with Crippen molar-refractivity contribution in [1.29, 1.82) is 0 Å². The maximum Gasteiger partial charge on any atom is 0.227 e. The number of hydrogen-bond donors (Lipinski definition) is 1. The second-order valence-electron chi connectivity index (χ2n) is 7.88. The van der Waals surface area contributed by atoms with Gasteiger partial charge in [0.1, 0.15) is 30.0 Å². The van der Waals surface area contributed by atoms with Gasteiger partial charge in [0, 0.05) is 20.3 Å². The van der Waals surface area contributed by atoms with Crippen LogP contribution in [-0.4, -0.2) is 57.4 Å². The summed E-state index contributed by atoms with van der Waals surface area (Å²) in [6, 6.07) is -0.0545. The van der Waals surface area contributed by atoms with Crippen molar-refractivity contribution in [2.45, 2.75) is 51.2 Å². The average Bonchev–Trinajstić information content (AvgIpc) is 3.16. The van der Waals surface area contributed by atoms with Crippen LogP contribution in [0.5, 0.6) is 0 Å². The Bertz CT molecular complexity index is 875. The Balaban J connectivity index is 1.80. The number of hydrogen-bond acceptors (Lipinski definition) is 6. The molecule has 2 N–H and O–H groups in total. The molecule has 2 aromatic heterocycles. The van der Waals surface area contributed by atoms with Crippen LogP contribution in [0, 0.1) is 12.8 Å². The number of carbonyl (C=O) groups is 1. The highest BCUT2D eigenvalue weighted by atomic mass is 16.8. The van der Waals surface area contributed by atoms with Crippen LogP contribution < -0.4 is 5.73 Å². The monoisotopic (exact) mass is 359 g/mol. The molecule has 0 unspecified atom stereocenters. The minimum absolute atomic E-state index is 0.0545. The van der Waals surface area contributed by atoms with E-state index in [0.717, 1.165) is 16.6 Å². The summed E-state index contributed by atoms with van der Waals surface area (Å²) in [5.41, 5.74) is 7.83. The summed E-state index contributed by atoms with van der Waals surface area (Å²) < 4.78 is 14.4. The van der Waals surface area contributed by atoms with E-state index in [4.69, 9.17) is 15.2 Å². The Morgan fingerprint density at radius 3 is 2.69 bits per heavy atom. The van der Waals surface area contributed by atoms with Gasteiger partial charge < -0.3 is 24.7 Å². The first-order valence-electron chi connectivity index (χ1n) is 8.84. The summed E-state index contributed by atoms with van der Waals surface area (Å²) in [6.45, 7) is 5.76. The zero-order chi connectivity index (χ0) is 18.8. The number of nitrogen functional groups attached to an aromatic ring is 1. The lowest BCUT2D eigenvalue weighted by Gasteiger charge is -2.25. The van der Waals surface area contributed by atoms with Crippen LogP contribution in [0.3, 0.4) is 0 Å². The van der Waals surface area contributed by atoms with Crippen LogP contribution in [0.15, 0.2) is 12.5 Å². The van der Waals surface area contributed by atoms with Crippen molar-refractivity contribution in [3.05, 3.63) is 18.1 Å². The first kappa shape index (κ1) is 17.2. The third kappa shape index (κ3) is 2.47. The van der Waals surface area contributed by atoms with E-state index in [1.54, 1.807) is 19.0 Å². The summed E-state index contributed by atoms with van der Waals surface area (Å²) in [5.74, 6) is -0.444. The normalized spacial score (nSPS) is 29.9. The fourth-order valence-corrected chi connectivity index (χ4v) is 4.35. The molecule has 0 spiro atoms. The molecule has 1 aliphatic carbocycles. The smallest absolute Gasteiger partial charge is 0.227 e. The van der Waals surface area contributed by atoms with Crippen molar-refractivity contribution in [3.63, 3.8) is 0 Å². The van der Waals surface area contributed by atoms with Crippen LogP contribution in [0.4, 0.5) is 5.82 Å². The molecular formula is C18H25N5O3. The fourth-order valence-electron chi connectivity index (χ4n) is 4.35. The summed E-state index contributed by atoms with van der Waals surface area (Å²) in [6.07, 6.45) is 3.63. The lowest BCUT2D eigenvalue weighted by atomic mass is 10.0. The molecule has 1 saturated carbocycles. The minimum atomic E-state index is -0.717. The molecule has 4 atom stereocenters. The number of nitrogens with zero attached hydrogens (tertiary/aromatic N) is 4. The molecule has 0 bridgehead atoms. The maximum absolute atomic E-state index is 12.7. The highest BCUT2D eigenvalue weighted by molar-refractivity contribution is 5.89. The Labute approximate surface area is 152 Å². The van der Waals surface area contributed by atoms with Crippen LogP contribution in [-0.2, 0) is 14.3 Å². The summed E-state index contributed by atoms with van der Waals surface area (Å²) in [5, 5.41) is 0.851. The first-order chi connectivity index (χ1) is 12.2. The number of anilines is 1. The lowest BCUT2D eigenvalue weighted by Crippen LogP contribution is -2.37. The SMILES string of the molecule is Cc1cn([C@@H]2C[C@H](C(=O)N(C)C)[C@H]3OC(C)(C)O[C@H]32)c2ncnc(N)c12. The van der Waals surface area contributed by atoms with Gasteiger partial charge in [-0.15, -0.1) is 0 Å². The van der Waals surface area contributed by atoms with Crippen molar-refractivity contribution < 1.29 is 14.3 Å². The van der Waals surface area contributed by atoms with Crippen molar-refractivity contribution >= 4 is 22.8 Å². The van der Waals surface area contributed by atoms with E-state index in [9.17, 15) is 4.79 Å². The van der Waals surface area contributed by atoms with Crippen molar-refractivity contribution in [2.75, 3.05) is 19.8 Å². The predicted molar refractivity (Wildman–Crippen MR) is 96.3 cm³/mol. The third-order valence-electron chi connectivity index (χ3n) is 5.38. The van der Waals surface area contributed by atoms with E-state index in [1.807, 2.05) is 27.0 Å². The van der Waals surface area contributed by atoms with Gasteiger partial charge >= 0.3 is 0 Å². The van der Waals surface area contributed by atoms with Gasteiger partial charge in [-0.3, -0.25) is 4.79 Å². The number of carbonyl (C=O) groups excluding carboxylic acids is 1. The zero-order valence-electron chi connectivity index (χ0n) is 15.8. The van der Waals surface area contributed by atoms with Crippen LogP contribution >= 0.6 is 0 Å². The third-order valence-corrected chi connectivity index (χ3v) is 5.38. The molecule has 1 amide bonds. The van der Waals surface area contributed by atoms with Crippen LogP contribution in [0.2, 0.25) is 0 Å². The number of amides is 1. The molecule has 26 heavy (non-hydrogen) atoms. The van der Waals surface area contributed by atoms with Gasteiger partial charge in [0.05, 0.1) is 17.3 Å². The van der Waals surface area contributed by atoms with Gasteiger partial charge in [-0.1, -0.05) is 0 Å². The van der Waals surface area contributed by atoms with Crippen LogP contribution in [0.1, 0.15) is 31.9 Å². The molecule has 0 radical (unpaired) electrons. The maximum atomic E-state index is 12.7. The topological polar surface area (TPSA) is 95.5 Å². The molecule has 8 heteroatoms. The van der Waals surface area contributed by atoms with Crippen molar-refractivity contribution in [3.8, 4) is 0 Å². The van der Waals surface area contributed by atoms with E-state index in [2.05, 4.69) is 14.5 Å². The van der Waals surface area contributed by atoms with Crippen molar-refractivity contribution in [1.82, 2.24) is 19.4 Å². The zero-order valence-corrected chi connectivity index (χ0v) is 15.8. The Hall–Kier alpha value is -2.19. The summed E-state index contributed by atoms with van der Waals surface area (Å²) >= 11 is 0. The van der Waals surface area contributed by atoms with Gasteiger partial charge in [-0.25, -0.2) is 9.97 Å². The second kappa shape index (κ2) is 5.65. The second-order valence-corrected chi connectivity index (χ2v) is 7.88. The molecule has 0 aromatic carbocycles. The van der Waals surface area contributed by atoms with Crippen molar-refractivity contribution in [2.24, 2.45) is 5.92 Å². The van der Waals surface area contributed by atoms with Gasteiger partial charge in [-0.2, -0.15) is 0 Å². The molecule has 2 fully saturated rings. The molecule has 2 aromatic rings. The van der Waals surface area contributed by atoms with Gasteiger partial charge in [-0.05, 0) is 32.8 Å². The standard InChI is InChI=1S/C18H25N5O3/c1-9-7-23(16-12(9)15(19)20-8-21-16)11-6-10(17(24)22(4)5)13-14(11)26-18(2,3)25-13/h7-8,10-11,13-14H,6H2,1-5H3,(H2,19,20,21)/t10-,11+,13+,14-/m0/s1. The number of rotatable bonds is 2. The molecule has 4 rings (SSSR count). The van der Waals surface area contributed by atoms with E-state index in [0.29, 0.717) is 12.2 Å². The minimum Gasteiger partial charge on any atom is -0.383 e. The van der Waals surface area contributed by atoms with Gasteiger partial charge in [0.15, 0.2) is 5.79 Å². The largest absolute Gasteiger partial charge is 0.383 e. The average molecular weight is 359 g/mol. The first-order valence-corrected chi connectivity index (χ1v) is 8.84. The molecule has 8 nitrogen and oxygen atoms in total. The quantitative estimate of drug-likeness (QED) is 0.873.